The molecule has 0 bridgehead atoms. The van der Waals surface area contributed by atoms with E-state index in [1.54, 1.807) is 17.5 Å². The van der Waals surface area contributed by atoms with E-state index in [4.69, 9.17) is 0 Å². The maximum Gasteiger partial charge on any atom is 0.223 e. The Bertz CT molecular complexity index is 585. The summed E-state index contributed by atoms with van der Waals surface area (Å²) in [5.74, 6) is 0.256. The fourth-order valence-electron chi connectivity index (χ4n) is 2.89. The van der Waals surface area contributed by atoms with Gasteiger partial charge in [-0.1, -0.05) is 12.1 Å². The summed E-state index contributed by atoms with van der Waals surface area (Å²) in [5.41, 5.74) is 1.11. The van der Waals surface area contributed by atoms with Crippen LogP contribution in [0.2, 0.25) is 0 Å². The van der Waals surface area contributed by atoms with Crippen LogP contribution in [0.25, 0.3) is 0 Å². The highest BCUT2D eigenvalue weighted by Crippen LogP contribution is 2.23. The number of aromatic nitrogens is 1. The molecule has 4 nitrogen and oxygen atoms in total. The van der Waals surface area contributed by atoms with E-state index in [0.29, 0.717) is 6.42 Å². The molecule has 1 amide bonds. The summed E-state index contributed by atoms with van der Waals surface area (Å²) in [6, 6.07) is 8.30. The predicted octanol–water partition coefficient (Wildman–Crippen LogP) is 2.64. The molecule has 1 saturated heterocycles. The second-order valence-corrected chi connectivity index (χ2v) is 6.56. The van der Waals surface area contributed by atoms with E-state index < -0.39 is 0 Å². The molecule has 1 aliphatic rings. The molecule has 0 spiro atoms. The first-order valence-electron chi connectivity index (χ1n) is 7.77. The Morgan fingerprint density at radius 2 is 2.36 bits per heavy atom. The summed E-state index contributed by atoms with van der Waals surface area (Å²) in [7, 11) is 0. The molecule has 1 N–H and O–H groups in total. The van der Waals surface area contributed by atoms with Crippen molar-refractivity contribution in [3.05, 3.63) is 52.5 Å². The van der Waals surface area contributed by atoms with Gasteiger partial charge in [0.15, 0.2) is 0 Å². The van der Waals surface area contributed by atoms with Gasteiger partial charge in [-0.15, -0.1) is 11.3 Å². The Labute approximate surface area is 135 Å². The summed E-state index contributed by atoms with van der Waals surface area (Å²) < 4.78 is 0. The van der Waals surface area contributed by atoms with E-state index >= 15 is 0 Å². The van der Waals surface area contributed by atoms with Crippen LogP contribution in [-0.2, 0) is 11.2 Å². The van der Waals surface area contributed by atoms with Crippen LogP contribution in [0.1, 0.15) is 29.3 Å². The molecule has 0 saturated carbocycles. The minimum Gasteiger partial charge on any atom is -0.333 e. The minimum absolute atomic E-state index is 0.108. The normalized spacial score (nSPS) is 18.4. The van der Waals surface area contributed by atoms with Crippen LogP contribution in [0.3, 0.4) is 0 Å². The number of thiophene rings is 1. The second kappa shape index (κ2) is 7.51. The molecule has 2 aromatic rings. The van der Waals surface area contributed by atoms with Crippen molar-refractivity contribution in [3.63, 3.8) is 0 Å². The van der Waals surface area contributed by atoms with Crippen molar-refractivity contribution in [2.75, 3.05) is 19.6 Å². The zero-order valence-corrected chi connectivity index (χ0v) is 13.4. The van der Waals surface area contributed by atoms with Gasteiger partial charge in [0.1, 0.15) is 0 Å². The van der Waals surface area contributed by atoms with Gasteiger partial charge in [0.05, 0.1) is 6.04 Å². The Kier molecular flexibility index (Phi) is 5.19. The molecule has 1 aliphatic heterocycles. The molecular weight excluding hydrogens is 294 g/mol. The third-order valence-electron chi connectivity index (χ3n) is 4.03. The zero-order chi connectivity index (χ0) is 15.2. The number of hydrogen-bond donors (Lipinski definition) is 1. The average Bonchev–Trinajstić information content (AvgIpc) is 3.09. The van der Waals surface area contributed by atoms with E-state index in [0.717, 1.165) is 38.0 Å². The van der Waals surface area contributed by atoms with Crippen molar-refractivity contribution in [1.82, 2.24) is 15.2 Å². The summed E-state index contributed by atoms with van der Waals surface area (Å²) in [5, 5.41) is 5.47. The molecule has 22 heavy (non-hydrogen) atoms. The maximum atomic E-state index is 12.6. The first-order valence-corrected chi connectivity index (χ1v) is 8.65. The Hall–Kier alpha value is -1.72. The number of carbonyl (C=O) groups excluding carboxylic acids is 1. The standard InChI is InChI=1S/C17H21N3OS/c21-17(7-1-5-15-6-3-11-22-15)20-10-9-19-13-16(20)14-4-2-8-18-12-14/h2-4,6,8,11-12,16,19H,1,5,7,9-10,13H2. The molecule has 0 aromatic carbocycles. The molecule has 0 radical (unpaired) electrons. The fourth-order valence-corrected chi connectivity index (χ4v) is 3.64. The number of pyridine rings is 1. The molecular formula is C17H21N3OS. The monoisotopic (exact) mass is 315 g/mol. The highest BCUT2D eigenvalue weighted by atomic mass is 32.1. The minimum atomic E-state index is 0.108. The van der Waals surface area contributed by atoms with Crippen molar-refractivity contribution in [2.24, 2.45) is 0 Å². The zero-order valence-electron chi connectivity index (χ0n) is 12.6. The molecule has 3 heterocycles. The number of nitrogens with zero attached hydrogens (tertiary/aromatic N) is 2. The second-order valence-electron chi connectivity index (χ2n) is 5.53. The van der Waals surface area contributed by atoms with Gasteiger partial charge in [-0.05, 0) is 35.9 Å². The number of rotatable bonds is 5. The largest absolute Gasteiger partial charge is 0.333 e. The summed E-state index contributed by atoms with van der Waals surface area (Å²) in [4.78, 5) is 20.2. The first kappa shape index (κ1) is 15.2. The van der Waals surface area contributed by atoms with Gasteiger partial charge >= 0.3 is 0 Å². The number of carbonyl (C=O) groups is 1. The number of aryl methyl sites for hydroxylation is 1. The molecule has 5 heteroatoms. The predicted molar refractivity (Wildman–Crippen MR) is 88.8 cm³/mol. The third kappa shape index (κ3) is 3.72. The van der Waals surface area contributed by atoms with Crippen LogP contribution >= 0.6 is 11.3 Å². The van der Waals surface area contributed by atoms with E-state index in [-0.39, 0.29) is 11.9 Å². The van der Waals surface area contributed by atoms with Crippen molar-refractivity contribution in [3.8, 4) is 0 Å². The Morgan fingerprint density at radius 1 is 1.41 bits per heavy atom. The van der Waals surface area contributed by atoms with Crippen LogP contribution < -0.4 is 5.32 Å². The highest BCUT2D eigenvalue weighted by molar-refractivity contribution is 7.09. The molecule has 1 fully saturated rings. The molecule has 0 aliphatic carbocycles. The van der Waals surface area contributed by atoms with Gasteiger partial charge in [0.25, 0.3) is 0 Å². The number of hydrogen-bond acceptors (Lipinski definition) is 4. The summed E-state index contributed by atoms with van der Waals surface area (Å²) in [6.07, 6.45) is 6.17. The van der Waals surface area contributed by atoms with Gasteiger partial charge in [-0.25, -0.2) is 0 Å². The fraction of sp³-hybridized carbons (Fsp3) is 0.412. The van der Waals surface area contributed by atoms with Crippen LogP contribution in [0.15, 0.2) is 42.0 Å². The number of nitrogens with one attached hydrogen (secondary N) is 1. The maximum absolute atomic E-state index is 12.6. The smallest absolute Gasteiger partial charge is 0.223 e. The lowest BCUT2D eigenvalue weighted by atomic mass is 10.0. The van der Waals surface area contributed by atoms with Crippen LogP contribution in [0.4, 0.5) is 0 Å². The van der Waals surface area contributed by atoms with Crippen molar-refractivity contribution < 1.29 is 4.79 Å². The topological polar surface area (TPSA) is 45.2 Å². The lowest BCUT2D eigenvalue weighted by Gasteiger charge is -2.36. The molecule has 1 unspecified atom stereocenters. The van der Waals surface area contributed by atoms with E-state index in [1.165, 1.54) is 4.88 Å². The van der Waals surface area contributed by atoms with E-state index in [9.17, 15) is 4.79 Å². The molecule has 1 atom stereocenters. The van der Waals surface area contributed by atoms with E-state index in [1.807, 2.05) is 17.2 Å². The van der Waals surface area contributed by atoms with Gasteiger partial charge < -0.3 is 10.2 Å². The van der Waals surface area contributed by atoms with Crippen LogP contribution in [0, 0.1) is 0 Å². The van der Waals surface area contributed by atoms with Crippen LogP contribution in [-0.4, -0.2) is 35.4 Å². The van der Waals surface area contributed by atoms with Crippen LogP contribution in [0.5, 0.6) is 0 Å². The Balaban J connectivity index is 1.59. The number of piperazine rings is 1. The lowest BCUT2D eigenvalue weighted by molar-refractivity contribution is -0.134. The van der Waals surface area contributed by atoms with Gasteiger partial charge in [-0.2, -0.15) is 0 Å². The SMILES string of the molecule is O=C(CCCc1cccs1)N1CCNCC1c1cccnc1. The molecule has 3 rings (SSSR count). The summed E-state index contributed by atoms with van der Waals surface area (Å²) >= 11 is 1.76. The van der Waals surface area contributed by atoms with E-state index in [2.05, 4.69) is 33.9 Å². The van der Waals surface area contributed by atoms with Gasteiger partial charge in [-0.3, -0.25) is 9.78 Å². The molecule has 2 aromatic heterocycles. The van der Waals surface area contributed by atoms with Crippen molar-refractivity contribution in [2.45, 2.75) is 25.3 Å². The Morgan fingerprint density at radius 3 is 3.14 bits per heavy atom. The summed E-state index contributed by atoms with van der Waals surface area (Å²) in [6.45, 7) is 2.45. The highest BCUT2D eigenvalue weighted by Gasteiger charge is 2.27. The third-order valence-corrected chi connectivity index (χ3v) is 4.96. The van der Waals surface area contributed by atoms with Gasteiger partial charge in [0.2, 0.25) is 5.91 Å². The van der Waals surface area contributed by atoms with Gasteiger partial charge in [0, 0.05) is 43.3 Å². The van der Waals surface area contributed by atoms with Crippen molar-refractivity contribution in [1.29, 1.82) is 0 Å². The average molecular weight is 315 g/mol. The molecule has 116 valence electrons. The first-order chi connectivity index (χ1) is 10.8. The quantitative estimate of drug-likeness (QED) is 0.922. The van der Waals surface area contributed by atoms with Crippen molar-refractivity contribution >= 4 is 17.2 Å². The lowest BCUT2D eigenvalue weighted by Crippen LogP contribution is -2.48. The number of amides is 1.